The van der Waals surface area contributed by atoms with Crippen LogP contribution >= 0.6 is 0 Å². The van der Waals surface area contributed by atoms with Crippen LogP contribution < -0.4 is 0 Å². The lowest BCUT2D eigenvalue weighted by molar-refractivity contribution is -0.143. The molecule has 2 aromatic carbocycles. The van der Waals surface area contributed by atoms with Crippen LogP contribution in [0.1, 0.15) is 41.6 Å². The van der Waals surface area contributed by atoms with Gasteiger partial charge in [0.2, 0.25) is 0 Å². The molecule has 0 saturated heterocycles. The first kappa shape index (κ1) is 16.0. The van der Waals surface area contributed by atoms with Gasteiger partial charge in [0.15, 0.2) is 5.78 Å². The second kappa shape index (κ2) is 8.13. The number of ketones is 1. The van der Waals surface area contributed by atoms with Crippen LogP contribution in [-0.2, 0) is 9.53 Å². The molecule has 0 aliphatic rings. The van der Waals surface area contributed by atoms with Crippen LogP contribution in [-0.4, -0.2) is 18.4 Å². The Morgan fingerprint density at radius 1 is 0.955 bits per heavy atom. The molecule has 0 aromatic heterocycles. The molecule has 0 radical (unpaired) electrons. The van der Waals surface area contributed by atoms with E-state index < -0.39 is 0 Å². The Labute approximate surface area is 130 Å². The minimum absolute atomic E-state index is 0.0381. The summed E-state index contributed by atoms with van der Waals surface area (Å²) in [5.41, 5.74) is 1.60. The first-order valence-electron chi connectivity index (χ1n) is 7.52. The molecule has 0 aliphatic carbocycles. The summed E-state index contributed by atoms with van der Waals surface area (Å²) in [4.78, 5) is 24.4. The quantitative estimate of drug-likeness (QED) is 0.573. The summed E-state index contributed by atoms with van der Waals surface area (Å²) in [5.74, 6) is -0.548. The molecule has 0 bridgehead atoms. The first-order chi connectivity index (χ1) is 10.7. The number of carbonyl (C=O) groups excluding carboxylic acids is 2. The number of hydrogen-bond donors (Lipinski definition) is 0. The molecular formula is C19H20O3. The summed E-state index contributed by atoms with van der Waals surface area (Å²) in [6.07, 6.45) is 0.697. The Balaban J connectivity index is 2.19. The normalized spacial score (nSPS) is 11.7. The Morgan fingerprint density at radius 2 is 1.55 bits per heavy atom. The van der Waals surface area contributed by atoms with Crippen molar-refractivity contribution in [2.45, 2.75) is 25.7 Å². The van der Waals surface area contributed by atoms with E-state index in [1.165, 1.54) is 0 Å². The van der Waals surface area contributed by atoms with Crippen molar-refractivity contribution in [3.05, 3.63) is 71.8 Å². The van der Waals surface area contributed by atoms with Crippen molar-refractivity contribution >= 4 is 11.8 Å². The summed E-state index contributed by atoms with van der Waals surface area (Å²) in [7, 11) is 0. The predicted octanol–water partition coefficient (Wildman–Crippen LogP) is 4.00. The fourth-order valence-electron chi connectivity index (χ4n) is 2.43. The highest BCUT2D eigenvalue weighted by Crippen LogP contribution is 2.26. The van der Waals surface area contributed by atoms with E-state index in [9.17, 15) is 9.59 Å². The number of hydrogen-bond acceptors (Lipinski definition) is 3. The van der Waals surface area contributed by atoms with Crippen molar-refractivity contribution in [2.24, 2.45) is 0 Å². The fourth-order valence-corrected chi connectivity index (χ4v) is 2.43. The average molecular weight is 296 g/mol. The second-order valence-electron chi connectivity index (χ2n) is 5.04. The summed E-state index contributed by atoms with van der Waals surface area (Å²) < 4.78 is 4.96. The van der Waals surface area contributed by atoms with Crippen LogP contribution in [0.25, 0.3) is 0 Å². The third-order valence-corrected chi connectivity index (χ3v) is 3.52. The highest BCUT2D eigenvalue weighted by Gasteiger charge is 2.22. The molecule has 3 nitrogen and oxygen atoms in total. The maximum absolute atomic E-state index is 12.8. The summed E-state index contributed by atoms with van der Waals surface area (Å²) in [5, 5.41) is 0. The molecule has 0 amide bonds. The van der Waals surface area contributed by atoms with Crippen LogP contribution in [0.5, 0.6) is 0 Å². The standard InChI is InChI=1S/C19H20O3/c1-2-22-18(20)14-13-17(15-9-5-3-6-10-15)19(21)16-11-7-4-8-12-16/h3-12,17H,2,13-14H2,1H3. The molecule has 0 heterocycles. The molecule has 2 rings (SSSR count). The van der Waals surface area contributed by atoms with Crippen molar-refractivity contribution < 1.29 is 14.3 Å². The SMILES string of the molecule is CCOC(=O)CCC(C(=O)c1ccccc1)c1ccccc1. The minimum atomic E-state index is -0.326. The molecule has 1 atom stereocenters. The van der Waals surface area contributed by atoms with Crippen LogP contribution in [0.2, 0.25) is 0 Å². The average Bonchev–Trinajstić information content (AvgIpc) is 2.57. The molecule has 0 aliphatic heterocycles. The van der Waals surface area contributed by atoms with E-state index in [2.05, 4.69) is 0 Å². The molecule has 0 saturated carbocycles. The largest absolute Gasteiger partial charge is 0.466 e. The Bertz CT molecular complexity index is 605. The Morgan fingerprint density at radius 3 is 2.14 bits per heavy atom. The maximum Gasteiger partial charge on any atom is 0.305 e. The van der Waals surface area contributed by atoms with Gasteiger partial charge in [-0.05, 0) is 18.9 Å². The highest BCUT2D eigenvalue weighted by molar-refractivity contribution is 6.01. The van der Waals surface area contributed by atoms with Gasteiger partial charge in [0.25, 0.3) is 0 Å². The van der Waals surface area contributed by atoms with E-state index in [1.54, 1.807) is 6.92 Å². The lowest BCUT2D eigenvalue weighted by Crippen LogP contribution is -2.15. The van der Waals surface area contributed by atoms with Gasteiger partial charge < -0.3 is 4.74 Å². The monoisotopic (exact) mass is 296 g/mol. The lowest BCUT2D eigenvalue weighted by Gasteiger charge is -2.16. The zero-order valence-corrected chi connectivity index (χ0v) is 12.7. The van der Waals surface area contributed by atoms with E-state index in [4.69, 9.17) is 4.74 Å². The van der Waals surface area contributed by atoms with Crippen LogP contribution in [0, 0.1) is 0 Å². The zero-order valence-electron chi connectivity index (χ0n) is 12.7. The number of benzene rings is 2. The highest BCUT2D eigenvalue weighted by atomic mass is 16.5. The number of esters is 1. The van der Waals surface area contributed by atoms with Crippen molar-refractivity contribution in [1.29, 1.82) is 0 Å². The number of Topliss-reactive ketones (excluding diaryl/α,β-unsaturated/α-hetero) is 1. The smallest absolute Gasteiger partial charge is 0.305 e. The minimum Gasteiger partial charge on any atom is -0.466 e. The molecule has 22 heavy (non-hydrogen) atoms. The van der Waals surface area contributed by atoms with E-state index in [0.29, 0.717) is 18.6 Å². The molecule has 0 fully saturated rings. The molecular weight excluding hydrogens is 276 g/mol. The molecule has 2 aromatic rings. The van der Waals surface area contributed by atoms with Gasteiger partial charge in [0, 0.05) is 17.9 Å². The summed E-state index contributed by atoms with van der Waals surface area (Å²) in [6.45, 7) is 2.14. The van der Waals surface area contributed by atoms with Gasteiger partial charge in [-0.2, -0.15) is 0 Å². The number of carbonyl (C=O) groups is 2. The van der Waals surface area contributed by atoms with Crippen LogP contribution in [0.15, 0.2) is 60.7 Å². The van der Waals surface area contributed by atoms with Gasteiger partial charge >= 0.3 is 5.97 Å². The summed E-state index contributed by atoms with van der Waals surface area (Å²) in [6, 6.07) is 18.8. The Hall–Kier alpha value is -2.42. The van der Waals surface area contributed by atoms with Crippen molar-refractivity contribution in [3.8, 4) is 0 Å². The number of rotatable bonds is 7. The van der Waals surface area contributed by atoms with Gasteiger partial charge in [-0.15, -0.1) is 0 Å². The van der Waals surface area contributed by atoms with Gasteiger partial charge in [0.05, 0.1) is 6.61 Å². The zero-order chi connectivity index (χ0) is 15.8. The topological polar surface area (TPSA) is 43.4 Å². The summed E-state index contributed by atoms with van der Waals surface area (Å²) >= 11 is 0. The lowest BCUT2D eigenvalue weighted by atomic mass is 9.87. The number of ether oxygens (including phenoxy) is 1. The second-order valence-corrected chi connectivity index (χ2v) is 5.04. The third kappa shape index (κ3) is 4.29. The first-order valence-corrected chi connectivity index (χ1v) is 7.52. The molecule has 1 unspecified atom stereocenters. The van der Waals surface area contributed by atoms with E-state index in [1.807, 2.05) is 60.7 Å². The molecule has 3 heteroatoms. The van der Waals surface area contributed by atoms with E-state index in [0.717, 1.165) is 5.56 Å². The molecule has 0 spiro atoms. The van der Waals surface area contributed by atoms with Gasteiger partial charge in [-0.3, -0.25) is 9.59 Å². The van der Waals surface area contributed by atoms with E-state index >= 15 is 0 Å². The van der Waals surface area contributed by atoms with Crippen molar-refractivity contribution in [1.82, 2.24) is 0 Å². The van der Waals surface area contributed by atoms with Gasteiger partial charge in [-0.1, -0.05) is 60.7 Å². The maximum atomic E-state index is 12.8. The van der Waals surface area contributed by atoms with Crippen molar-refractivity contribution in [3.63, 3.8) is 0 Å². The van der Waals surface area contributed by atoms with Gasteiger partial charge in [0.1, 0.15) is 0 Å². The predicted molar refractivity (Wildman–Crippen MR) is 85.8 cm³/mol. The van der Waals surface area contributed by atoms with E-state index in [-0.39, 0.29) is 24.1 Å². The molecule has 114 valence electrons. The van der Waals surface area contributed by atoms with Crippen LogP contribution in [0.3, 0.4) is 0 Å². The molecule has 0 N–H and O–H groups in total. The van der Waals surface area contributed by atoms with Crippen molar-refractivity contribution in [2.75, 3.05) is 6.61 Å². The van der Waals surface area contributed by atoms with Crippen LogP contribution in [0.4, 0.5) is 0 Å². The third-order valence-electron chi connectivity index (χ3n) is 3.52. The Kier molecular flexibility index (Phi) is 5.90. The fraction of sp³-hybridized carbons (Fsp3) is 0.263. The van der Waals surface area contributed by atoms with Gasteiger partial charge in [-0.25, -0.2) is 0 Å².